The quantitative estimate of drug-likeness (QED) is 0.806. The van der Waals surface area contributed by atoms with Crippen molar-refractivity contribution in [2.45, 2.75) is 58.9 Å². The number of benzene rings is 1. The molecule has 0 aliphatic heterocycles. The van der Waals surface area contributed by atoms with Gasteiger partial charge in [-0.3, -0.25) is 0 Å². The molecule has 19 heavy (non-hydrogen) atoms. The molecule has 1 aromatic rings. The predicted octanol–water partition coefficient (Wildman–Crippen LogP) is 4.73. The first-order chi connectivity index (χ1) is 9.05. The summed E-state index contributed by atoms with van der Waals surface area (Å²) in [6.07, 6.45) is 6.67. The smallest absolute Gasteiger partial charge is 0.0372 e. The van der Waals surface area contributed by atoms with Crippen molar-refractivity contribution >= 4 is 0 Å². The van der Waals surface area contributed by atoms with E-state index in [9.17, 15) is 0 Å². The Bertz CT molecular complexity index is 402. The van der Waals surface area contributed by atoms with E-state index in [1.807, 2.05) is 0 Å². The van der Waals surface area contributed by atoms with Gasteiger partial charge in [0.25, 0.3) is 0 Å². The second-order valence-electron chi connectivity index (χ2n) is 6.93. The van der Waals surface area contributed by atoms with Crippen LogP contribution in [-0.4, -0.2) is 7.05 Å². The SMILES string of the molecule is CNC(c1cccc(CC(C)C)c1)C1(C)CCCC1. The van der Waals surface area contributed by atoms with Crippen LogP contribution in [0.3, 0.4) is 0 Å². The fraction of sp³-hybridized carbons (Fsp3) is 0.667. The average Bonchev–Trinajstić information content (AvgIpc) is 2.77. The van der Waals surface area contributed by atoms with Crippen molar-refractivity contribution in [2.75, 3.05) is 7.05 Å². The van der Waals surface area contributed by atoms with Gasteiger partial charge in [0.05, 0.1) is 0 Å². The molecule has 1 atom stereocenters. The Morgan fingerprint density at radius 1 is 1.21 bits per heavy atom. The molecule has 1 nitrogen and oxygen atoms in total. The Balaban J connectivity index is 2.23. The molecule has 1 saturated carbocycles. The van der Waals surface area contributed by atoms with E-state index in [1.54, 1.807) is 0 Å². The summed E-state index contributed by atoms with van der Waals surface area (Å²) in [5, 5.41) is 3.58. The van der Waals surface area contributed by atoms with E-state index in [4.69, 9.17) is 0 Å². The summed E-state index contributed by atoms with van der Waals surface area (Å²) >= 11 is 0. The zero-order chi connectivity index (χ0) is 13.9. The first kappa shape index (κ1) is 14.6. The minimum Gasteiger partial charge on any atom is -0.313 e. The van der Waals surface area contributed by atoms with E-state index in [-0.39, 0.29) is 0 Å². The molecule has 2 rings (SSSR count). The lowest BCUT2D eigenvalue weighted by molar-refractivity contribution is 0.233. The minimum absolute atomic E-state index is 0.436. The molecule has 1 fully saturated rings. The summed E-state index contributed by atoms with van der Waals surface area (Å²) in [5.74, 6) is 0.727. The first-order valence-electron chi connectivity index (χ1n) is 7.81. The number of nitrogens with one attached hydrogen (secondary N) is 1. The summed E-state index contributed by atoms with van der Waals surface area (Å²) in [4.78, 5) is 0. The number of rotatable bonds is 5. The predicted molar refractivity (Wildman–Crippen MR) is 83.4 cm³/mol. The van der Waals surface area contributed by atoms with Crippen LogP contribution in [0.2, 0.25) is 0 Å². The van der Waals surface area contributed by atoms with Gasteiger partial charge in [-0.2, -0.15) is 0 Å². The summed E-state index contributed by atoms with van der Waals surface area (Å²) < 4.78 is 0. The molecule has 0 heterocycles. The van der Waals surface area contributed by atoms with Crippen LogP contribution in [0.15, 0.2) is 24.3 Å². The highest BCUT2D eigenvalue weighted by molar-refractivity contribution is 5.28. The lowest BCUT2D eigenvalue weighted by Crippen LogP contribution is -2.32. The third-order valence-corrected chi connectivity index (χ3v) is 4.66. The van der Waals surface area contributed by atoms with Crippen molar-refractivity contribution in [3.05, 3.63) is 35.4 Å². The highest BCUT2D eigenvalue weighted by Crippen LogP contribution is 2.47. The summed E-state index contributed by atoms with van der Waals surface area (Å²) in [6.45, 7) is 7.04. The summed E-state index contributed by atoms with van der Waals surface area (Å²) in [7, 11) is 2.11. The van der Waals surface area contributed by atoms with Crippen molar-refractivity contribution in [3.63, 3.8) is 0 Å². The van der Waals surface area contributed by atoms with Crippen LogP contribution < -0.4 is 5.32 Å². The number of hydrogen-bond donors (Lipinski definition) is 1. The molecule has 106 valence electrons. The third-order valence-electron chi connectivity index (χ3n) is 4.66. The molecule has 0 saturated heterocycles. The van der Waals surface area contributed by atoms with E-state index in [0.717, 1.165) is 5.92 Å². The van der Waals surface area contributed by atoms with Crippen LogP contribution in [0.25, 0.3) is 0 Å². The maximum Gasteiger partial charge on any atom is 0.0372 e. The fourth-order valence-electron chi connectivity index (χ4n) is 3.76. The van der Waals surface area contributed by atoms with Gasteiger partial charge in [0.2, 0.25) is 0 Å². The molecule has 0 radical (unpaired) electrons. The van der Waals surface area contributed by atoms with Crippen molar-refractivity contribution in [3.8, 4) is 0 Å². The molecule has 1 N–H and O–H groups in total. The molecule has 1 aromatic carbocycles. The van der Waals surface area contributed by atoms with Crippen molar-refractivity contribution in [2.24, 2.45) is 11.3 Å². The molecule has 1 heteroatoms. The standard InChI is InChI=1S/C18H29N/c1-14(2)12-15-8-7-9-16(13-15)17(19-4)18(3)10-5-6-11-18/h7-9,13-14,17,19H,5-6,10-12H2,1-4H3. The topological polar surface area (TPSA) is 12.0 Å². The molecular weight excluding hydrogens is 230 g/mol. The first-order valence-corrected chi connectivity index (χ1v) is 7.81. The highest BCUT2D eigenvalue weighted by Gasteiger charge is 2.36. The van der Waals surface area contributed by atoms with Gasteiger partial charge in [0.1, 0.15) is 0 Å². The van der Waals surface area contributed by atoms with Crippen molar-refractivity contribution in [1.82, 2.24) is 5.32 Å². The van der Waals surface area contributed by atoms with Crippen LogP contribution in [0, 0.1) is 11.3 Å². The second kappa shape index (κ2) is 6.09. The van der Waals surface area contributed by atoms with Gasteiger partial charge in [-0.05, 0) is 48.8 Å². The van der Waals surface area contributed by atoms with Gasteiger partial charge in [0.15, 0.2) is 0 Å². The Morgan fingerprint density at radius 3 is 2.47 bits per heavy atom. The molecular formula is C18H29N. The van der Waals surface area contributed by atoms with Gasteiger partial charge in [-0.1, -0.05) is 57.9 Å². The zero-order valence-corrected chi connectivity index (χ0v) is 13.0. The second-order valence-corrected chi connectivity index (χ2v) is 6.93. The van der Waals surface area contributed by atoms with E-state index < -0.39 is 0 Å². The van der Waals surface area contributed by atoms with Crippen LogP contribution in [-0.2, 0) is 6.42 Å². The maximum atomic E-state index is 3.58. The Labute approximate surface area is 118 Å². The molecule has 0 spiro atoms. The van der Waals surface area contributed by atoms with Gasteiger partial charge in [-0.15, -0.1) is 0 Å². The maximum absolute atomic E-state index is 3.58. The van der Waals surface area contributed by atoms with Crippen LogP contribution >= 0.6 is 0 Å². The molecule has 0 bridgehead atoms. The minimum atomic E-state index is 0.436. The summed E-state index contributed by atoms with van der Waals surface area (Å²) in [6, 6.07) is 9.73. The molecule has 1 unspecified atom stereocenters. The van der Waals surface area contributed by atoms with E-state index >= 15 is 0 Å². The zero-order valence-electron chi connectivity index (χ0n) is 13.0. The van der Waals surface area contributed by atoms with Gasteiger partial charge in [-0.25, -0.2) is 0 Å². The van der Waals surface area contributed by atoms with Crippen LogP contribution in [0.5, 0.6) is 0 Å². The Kier molecular flexibility index (Phi) is 4.67. The van der Waals surface area contributed by atoms with E-state index in [1.165, 1.54) is 43.2 Å². The summed E-state index contributed by atoms with van der Waals surface area (Å²) in [5.41, 5.74) is 3.39. The lowest BCUT2D eigenvalue weighted by atomic mass is 9.77. The van der Waals surface area contributed by atoms with Crippen LogP contribution in [0.4, 0.5) is 0 Å². The monoisotopic (exact) mass is 259 g/mol. The largest absolute Gasteiger partial charge is 0.313 e. The average molecular weight is 259 g/mol. The molecule has 1 aliphatic rings. The lowest BCUT2D eigenvalue weighted by Gasteiger charge is -2.34. The Morgan fingerprint density at radius 2 is 1.89 bits per heavy atom. The fourth-order valence-corrected chi connectivity index (χ4v) is 3.76. The number of hydrogen-bond acceptors (Lipinski definition) is 1. The Hall–Kier alpha value is -0.820. The highest BCUT2D eigenvalue weighted by atomic mass is 14.9. The van der Waals surface area contributed by atoms with Crippen molar-refractivity contribution in [1.29, 1.82) is 0 Å². The third kappa shape index (κ3) is 3.39. The van der Waals surface area contributed by atoms with E-state index in [0.29, 0.717) is 11.5 Å². The van der Waals surface area contributed by atoms with Gasteiger partial charge in [0, 0.05) is 6.04 Å². The molecule has 1 aliphatic carbocycles. The normalized spacial score (nSPS) is 19.8. The van der Waals surface area contributed by atoms with Crippen LogP contribution in [0.1, 0.15) is 63.6 Å². The van der Waals surface area contributed by atoms with Gasteiger partial charge >= 0.3 is 0 Å². The molecule has 0 amide bonds. The van der Waals surface area contributed by atoms with Crippen molar-refractivity contribution < 1.29 is 0 Å². The molecule has 0 aromatic heterocycles. The van der Waals surface area contributed by atoms with E-state index in [2.05, 4.69) is 57.4 Å². The van der Waals surface area contributed by atoms with Gasteiger partial charge < -0.3 is 5.32 Å².